The van der Waals surface area contributed by atoms with Crippen LogP contribution in [-0.2, 0) is 6.42 Å². The average molecular weight is 293 g/mol. The number of aliphatic hydroxyl groups is 1. The van der Waals surface area contributed by atoms with E-state index in [4.69, 9.17) is 11.6 Å². The summed E-state index contributed by atoms with van der Waals surface area (Å²) in [5.74, 6) is -0.0102. The van der Waals surface area contributed by atoms with Gasteiger partial charge in [0.2, 0.25) is 0 Å². The van der Waals surface area contributed by atoms with Crippen LogP contribution in [0.3, 0.4) is 0 Å². The molecule has 0 saturated carbocycles. The number of rotatable bonds is 6. The van der Waals surface area contributed by atoms with E-state index in [9.17, 15) is 5.11 Å². The van der Waals surface area contributed by atoms with E-state index in [0.29, 0.717) is 17.5 Å². The van der Waals surface area contributed by atoms with Crippen LogP contribution in [0.5, 0.6) is 0 Å². The normalized spacial score (nSPS) is 14.2. The second-order valence-corrected chi connectivity index (χ2v) is 5.56. The quantitative estimate of drug-likeness (QED) is 0.879. The van der Waals surface area contributed by atoms with E-state index in [1.54, 1.807) is 0 Å². The first-order valence-corrected chi connectivity index (χ1v) is 7.42. The highest BCUT2D eigenvalue weighted by atomic mass is 35.5. The fourth-order valence-electron chi connectivity index (χ4n) is 2.25. The van der Waals surface area contributed by atoms with Gasteiger partial charge in [0, 0.05) is 29.6 Å². The maximum Gasteiger partial charge on any atom is 0.0631 e. The number of hydrogen-bond acceptors (Lipinski definition) is 2. The highest BCUT2D eigenvalue weighted by molar-refractivity contribution is 6.31. The van der Waals surface area contributed by atoms with Gasteiger partial charge in [0.15, 0.2) is 0 Å². The minimum absolute atomic E-state index is 0.0102. The Morgan fingerprint density at radius 1 is 1.30 bits per heavy atom. The van der Waals surface area contributed by atoms with Crippen LogP contribution in [0.25, 0.3) is 0 Å². The number of aromatic nitrogens is 2. The summed E-state index contributed by atoms with van der Waals surface area (Å²) in [5, 5.41) is 14.9. The zero-order chi connectivity index (χ0) is 14.5. The second kappa shape index (κ2) is 6.91. The molecule has 0 aliphatic heterocycles. The Morgan fingerprint density at radius 2 is 2.05 bits per heavy atom. The largest absolute Gasteiger partial charge is 0.396 e. The van der Waals surface area contributed by atoms with Crippen molar-refractivity contribution in [3.05, 3.63) is 52.8 Å². The van der Waals surface area contributed by atoms with E-state index >= 15 is 0 Å². The van der Waals surface area contributed by atoms with Crippen LogP contribution >= 0.6 is 11.6 Å². The highest BCUT2D eigenvalue weighted by Gasteiger charge is 2.16. The minimum atomic E-state index is -0.0102. The summed E-state index contributed by atoms with van der Waals surface area (Å²) in [7, 11) is 0. The maximum atomic E-state index is 9.63. The van der Waals surface area contributed by atoms with Gasteiger partial charge in [-0.25, -0.2) is 0 Å². The van der Waals surface area contributed by atoms with Crippen molar-refractivity contribution in [3.8, 4) is 0 Å². The zero-order valence-electron chi connectivity index (χ0n) is 12.0. The minimum Gasteiger partial charge on any atom is -0.396 e. The number of nitrogens with zero attached hydrogens (tertiary/aromatic N) is 2. The van der Waals surface area contributed by atoms with Crippen molar-refractivity contribution < 1.29 is 5.11 Å². The van der Waals surface area contributed by atoms with Crippen molar-refractivity contribution >= 4 is 11.6 Å². The molecule has 3 nitrogen and oxygen atoms in total. The molecule has 1 aromatic heterocycles. The van der Waals surface area contributed by atoms with Gasteiger partial charge in [-0.15, -0.1) is 0 Å². The van der Waals surface area contributed by atoms with Gasteiger partial charge in [0.25, 0.3) is 0 Å². The van der Waals surface area contributed by atoms with Gasteiger partial charge < -0.3 is 5.11 Å². The van der Waals surface area contributed by atoms with Crippen LogP contribution in [0.4, 0.5) is 0 Å². The number of halogens is 1. The molecule has 108 valence electrons. The van der Waals surface area contributed by atoms with Gasteiger partial charge in [-0.05, 0) is 31.0 Å². The monoisotopic (exact) mass is 292 g/mol. The van der Waals surface area contributed by atoms with E-state index in [-0.39, 0.29) is 12.5 Å². The molecule has 1 N–H and O–H groups in total. The summed E-state index contributed by atoms with van der Waals surface area (Å²) < 4.78 is 1.98. The molecule has 2 unspecified atom stereocenters. The molecule has 20 heavy (non-hydrogen) atoms. The van der Waals surface area contributed by atoms with Gasteiger partial charge in [0.1, 0.15) is 0 Å². The standard InChI is InChI=1S/C16H21ClN2O/c1-3-12(2)19-9-8-14(18-19)10-13(11-20)15-6-4-5-7-16(15)17/h4-9,12-13,20H,3,10-11H2,1-2H3. The molecule has 2 atom stereocenters. The zero-order valence-corrected chi connectivity index (χ0v) is 12.7. The Bertz CT molecular complexity index is 553. The van der Waals surface area contributed by atoms with E-state index in [0.717, 1.165) is 17.7 Å². The molecular weight excluding hydrogens is 272 g/mol. The van der Waals surface area contributed by atoms with Crippen LogP contribution in [0.15, 0.2) is 36.5 Å². The predicted molar refractivity (Wildman–Crippen MR) is 82.2 cm³/mol. The van der Waals surface area contributed by atoms with E-state index in [2.05, 4.69) is 18.9 Å². The lowest BCUT2D eigenvalue weighted by Crippen LogP contribution is -2.10. The summed E-state index contributed by atoms with van der Waals surface area (Å²) in [6.45, 7) is 4.36. The van der Waals surface area contributed by atoms with Crippen LogP contribution in [0.1, 0.15) is 43.5 Å². The summed E-state index contributed by atoms with van der Waals surface area (Å²) in [5.41, 5.74) is 1.97. The van der Waals surface area contributed by atoms with Gasteiger partial charge in [-0.2, -0.15) is 5.10 Å². The summed E-state index contributed by atoms with van der Waals surface area (Å²) >= 11 is 6.21. The van der Waals surface area contributed by atoms with Crippen LogP contribution in [-0.4, -0.2) is 21.5 Å². The van der Waals surface area contributed by atoms with Crippen molar-refractivity contribution in [1.29, 1.82) is 0 Å². The van der Waals surface area contributed by atoms with E-state index in [1.165, 1.54) is 0 Å². The molecule has 0 amide bonds. The number of hydrogen-bond donors (Lipinski definition) is 1. The van der Waals surface area contributed by atoms with Gasteiger partial charge in [-0.1, -0.05) is 36.7 Å². The lowest BCUT2D eigenvalue weighted by atomic mass is 9.95. The number of benzene rings is 1. The Hall–Kier alpha value is -1.32. The Morgan fingerprint density at radius 3 is 2.70 bits per heavy atom. The molecule has 4 heteroatoms. The molecule has 0 bridgehead atoms. The van der Waals surface area contributed by atoms with Gasteiger partial charge in [0.05, 0.1) is 12.3 Å². The van der Waals surface area contributed by atoms with Gasteiger partial charge >= 0.3 is 0 Å². The molecule has 1 aromatic carbocycles. The third-order valence-corrected chi connectivity index (χ3v) is 4.07. The number of aliphatic hydroxyl groups excluding tert-OH is 1. The maximum absolute atomic E-state index is 9.63. The van der Waals surface area contributed by atoms with Crippen molar-refractivity contribution in [3.63, 3.8) is 0 Å². The van der Waals surface area contributed by atoms with Crippen LogP contribution in [0, 0.1) is 0 Å². The van der Waals surface area contributed by atoms with Crippen molar-refractivity contribution in [1.82, 2.24) is 9.78 Å². The Labute approximate surface area is 125 Å². The first kappa shape index (κ1) is 15.1. The predicted octanol–water partition coefficient (Wildman–Crippen LogP) is 3.83. The SMILES string of the molecule is CCC(C)n1ccc(CC(CO)c2ccccc2Cl)n1. The third-order valence-electron chi connectivity index (χ3n) is 3.73. The highest BCUT2D eigenvalue weighted by Crippen LogP contribution is 2.27. The second-order valence-electron chi connectivity index (χ2n) is 5.15. The topological polar surface area (TPSA) is 38.0 Å². The fourth-order valence-corrected chi connectivity index (χ4v) is 2.54. The van der Waals surface area contributed by atoms with Gasteiger partial charge in [-0.3, -0.25) is 4.68 Å². The molecule has 0 spiro atoms. The first-order valence-electron chi connectivity index (χ1n) is 7.05. The molecule has 0 aliphatic carbocycles. The summed E-state index contributed by atoms with van der Waals surface area (Å²) in [6, 6.07) is 10.1. The molecule has 2 aromatic rings. The van der Waals surface area contributed by atoms with Crippen molar-refractivity contribution in [2.24, 2.45) is 0 Å². The fraction of sp³-hybridized carbons (Fsp3) is 0.438. The third kappa shape index (κ3) is 3.41. The molecule has 2 rings (SSSR count). The smallest absolute Gasteiger partial charge is 0.0631 e. The van der Waals surface area contributed by atoms with Crippen LogP contribution in [0.2, 0.25) is 5.02 Å². The molecule has 1 heterocycles. The lowest BCUT2D eigenvalue weighted by molar-refractivity contribution is 0.263. The lowest BCUT2D eigenvalue weighted by Gasteiger charge is -2.15. The van der Waals surface area contributed by atoms with E-state index < -0.39 is 0 Å². The molecule has 0 aliphatic rings. The molecular formula is C16H21ClN2O. The summed E-state index contributed by atoms with van der Waals surface area (Å²) in [6.07, 6.45) is 3.75. The van der Waals surface area contributed by atoms with Crippen molar-refractivity contribution in [2.75, 3.05) is 6.61 Å². The van der Waals surface area contributed by atoms with E-state index in [1.807, 2.05) is 41.2 Å². The molecule has 0 fully saturated rings. The summed E-state index contributed by atoms with van der Waals surface area (Å²) in [4.78, 5) is 0. The van der Waals surface area contributed by atoms with Crippen LogP contribution < -0.4 is 0 Å². The Kier molecular flexibility index (Phi) is 5.21. The average Bonchev–Trinajstić information content (AvgIpc) is 2.93. The first-order chi connectivity index (χ1) is 9.65. The molecule has 0 radical (unpaired) electrons. The molecule has 0 saturated heterocycles. The Balaban J connectivity index is 2.15. The van der Waals surface area contributed by atoms with Crippen molar-refractivity contribution in [2.45, 2.75) is 38.6 Å².